The average molecular weight is 383 g/mol. The highest BCUT2D eigenvalue weighted by Crippen LogP contribution is 2.17. The molecule has 2 aromatic rings. The summed E-state index contributed by atoms with van der Waals surface area (Å²) in [6.45, 7) is 7.48. The van der Waals surface area contributed by atoms with Crippen molar-refractivity contribution in [2.75, 3.05) is 0 Å². The molecule has 7 nitrogen and oxygen atoms in total. The summed E-state index contributed by atoms with van der Waals surface area (Å²) in [6, 6.07) is 4.89. The number of hydrogen-bond donors (Lipinski definition) is 3. The third-order valence-corrected chi connectivity index (χ3v) is 4.24. The molecule has 1 amide bonds. The number of oxazole rings is 1. The fourth-order valence-electron chi connectivity index (χ4n) is 2.52. The predicted molar refractivity (Wildman–Crippen MR) is 103 cm³/mol. The van der Waals surface area contributed by atoms with Gasteiger partial charge in [0.1, 0.15) is 5.52 Å². The van der Waals surface area contributed by atoms with Crippen molar-refractivity contribution >= 4 is 35.2 Å². The van der Waals surface area contributed by atoms with Gasteiger partial charge in [-0.05, 0) is 24.0 Å². The first kappa shape index (κ1) is 22.1. The van der Waals surface area contributed by atoms with Crippen LogP contribution < -0.4 is 16.8 Å². The zero-order valence-electron chi connectivity index (χ0n) is 15.4. The summed E-state index contributed by atoms with van der Waals surface area (Å²) in [5, 5.41) is 2.80. The van der Waals surface area contributed by atoms with Crippen molar-refractivity contribution in [1.82, 2.24) is 10.3 Å². The van der Waals surface area contributed by atoms with Crippen molar-refractivity contribution < 1.29 is 14.0 Å². The second-order valence-electron chi connectivity index (χ2n) is 6.92. The van der Waals surface area contributed by atoms with Crippen LogP contribution in [0.2, 0.25) is 0 Å². The molecule has 8 heteroatoms. The quantitative estimate of drug-likeness (QED) is 0.628. The lowest BCUT2D eigenvalue weighted by atomic mass is 9.93. The van der Waals surface area contributed by atoms with Crippen LogP contribution in [0.5, 0.6) is 0 Å². The molecule has 0 saturated carbocycles. The van der Waals surface area contributed by atoms with Gasteiger partial charge in [0.25, 0.3) is 5.89 Å². The van der Waals surface area contributed by atoms with Gasteiger partial charge in [0.05, 0.1) is 18.1 Å². The van der Waals surface area contributed by atoms with Crippen LogP contribution in [0.3, 0.4) is 0 Å². The molecule has 0 aliphatic heterocycles. The first-order valence-electron chi connectivity index (χ1n) is 8.43. The Hall–Kier alpha value is -1.96. The van der Waals surface area contributed by atoms with E-state index in [1.165, 1.54) is 0 Å². The van der Waals surface area contributed by atoms with Gasteiger partial charge < -0.3 is 21.2 Å². The van der Waals surface area contributed by atoms with Crippen LogP contribution in [0.1, 0.15) is 38.4 Å². The van der Waals surface area contributed by atoms with Crippen LogP contribution in [-0.4, -0.2) is 34.8 Å². The van der Waals surface area contributed by atoms with Crippen LogP contribution >= 0.6 is 12.4 Å². The van der Waals surface area contributed by atoms with E-state index < -0.39 is 23.9 Å². The lowest BCUT2D eigenvalue weighted by Gasteiger charge is -2.28. The third-order valence-electron chi connectivity index (χ3n) is 4.24. The summed E-state index contributed by atoms with van der Waals surface area (Å²) >= 11 is 0. The molecule has 144 valence electrons. The number of ketones is 1. The molecule has 0 radical (unpaired) electrons. The van der Waals surface area contributed by atoms with E-state index >= 15 is 0 Å². The number of hydrogen-bond acceptors (Lipinski definition) is 6. The van der Waals surface area contributed by atoms with Crippen LogP contribution in [-0.2, 0) is 4.79 Å². The highest BCUT2D eigenvalue weighted by Gasteiger charge is 2.33. The third kappa shape index (κ3) is 4.81. The van der Waals surface area contributed by atoms with Gasteiger partial charge in [0, 0.05) is 0 Å². The Labute approximate surface area is 159 Å². The number of halogens is 1. The van der Waals surface area contributed by atoms with Gasteiger partial charge in [-0.15, -0.1) is 12.4 Å². The number of aromatic nitrogens is 1. The maximum absolute atomic E-state index is 12.7. The Kier molecular flexibility index (Phi) is 7.74. The van der Waals surface area contributed by atoms with Gasteiger partial charge in [-0.1, -0.05) is 39.8 Å². The Balaban J connectivity index is 0.00000338. The van der Waals surface area contributed by atoms with Crippen molar-refractivity contribution in [3.8, 4) is 0 Å². The monoisotopic (exact) mass is 382 g/mol. The van der Waals surface area contributed by atoms with Gasteiger partial charge in [0.2, 0.25) is 11.7 Å². The fourth-order valence-corrected chi connectivity index (χ4v) is 2.52. The molecule has 5 N–H and O–H groups in total. The number of benzene rings is 1. The lowest BCUT2D eigenvalue weighted by Crippen LogP contribution is -2.58. The number of nitrogens with zero attached hydrogens (tertiary/aromatic N) is 1. The molecule has 1 heterocycles. The molecule has 2 rings (SSSR count). The van der Waals surface area contributed by atoms with E-state index in [1.807, 2.05) is 33.8 Å². The Morgan fingerprint density at radius 1 is 1.04 bits per heavy atom. The second kappa shape index (κ2) is 9.12. The fraction of sp³-hybridized carbons (Fsp3) is 0.500. The first-order chi connectivity index (χ1) is 11.7. The van der Waals surface area contributed by atoms with E-state index in [-0.39, 0.29) is 36.0 Å². The van der Waals surface area contributed by atoms with Crippen LogP contribution in [0.25, 0.3) is 11.1 Å². The summed E-state index contributed by atoms with van der Waals surface area (Å²) in [6.07, 6.45) is 0. The summed E-state index contributed by atoms with van der Waals surface area (Å²) in [4.78, 5) is 29.1. The smallest absolute Gasteiger partial charge is 0.266 e. The van der Waals surface area contributed by atoms with Crippen molar-refractivity contribution in [2.45, 2.75) is 45.8 Å². The molecular formula is C18H27ClN4O3. The number of nitrogens with one attached hydrogen (secondary N) is 1. The Morgan fingerprint density at radius 2 is 1.65 bits per heavy atom. The van der Waals surface area contributed by atoms with E-state index in [2.05, 4.69) is 10.3 Å². The molecule has 1 aromatic heterocycles. The van der Waals surface area contributed by atoms with Crippen LogP contribution in [0.15, 0.2) is 28.7 Å². The average Bonchev–Trinajstić information content (AvgIpc) is 3.01. The maximum Gasteiger partial charge on any atom is 0.266 e. The van der Waals surface area contributed by atoms with Gasteiger partial charge >= 0.3 is 0 Å². The molecule has 0 saturated heterocycles. The topological polar surface area (TPSA) is 124 Å². The molecule has 2 unspecified atom stereocenters. The largest absolute Gasteiger partial charge is 0.434 e. The lowest BCUT2D eigenvalue weighted by molar-refractivity contribution is -0.124. The minimum absolute atomic E-state index is 0. The Morgan fingerprint density at radius 3 is 2.19 bits per heavy atom. The molecule has 0 spiro atoms. The van der Waals surface area contributed by atoms with Crippen molar-refractivity contribution in [3.63, 3.8) is 0 Å². The molecule has 0 bridgehead atoms. The van der Waals surface area contributed by atoms with Crippen molar-refractivity contribution in [1.29, 1.82) is 0 Å². The second-order valence-corrected chi connectivity index (χ2v) is 6.92. The summed E-state index contributed by atoms with van der Waals surface area (Å²) in [7, 11) is 0. The SMILES string of the molecule is CC(C)C(N)C(=O)NC(C(C)C)[C@H](N)C(=O)c1nc2ccccc2o1.Cl. The van der Waals surface area contributed by atoms with Gasteiger partial charge in [-0.2, -0.15) is 0 Å². The zero-order valence-corrected chi connectivity index (χ0v) is 16.2. The zero-order chi connectivity index (χ0) is 18.7. The minimum atomic E-state index is -0.976. The molecule has 0 aliphatic carbocycles. The molecule has 0 aliphatic rings. The number of rotatable bonds is 7. The number of fused-ring (bicyclic) bond motifs is 1. The van der Waals surface area contributed by atoms with E-state index in [0.29, 0.717) is 11.1 Å². The normalized spacial score (nSPS) is 14.8. The molecule has 3 atom stereocenters. The first-order valence-corrected chi connectivity index (χ1v) is 8.43. The molecule has 0 fully saturated rings. The molecular weight excluding hydrogens is 356 g/mol. The summed E-state index contributed by atoms with van der Waals surface area (Å²) in [5.41, 5.74) is 13.1. The predicted octanol–water partition coefficient (Wildman–Crippen LogP) is 1.88. The number of para-hydroxylation sites is 2. The number of carbonyl (C=O) groups excluding carboxylic acids is 2. The van der Waals surface area contributed by atoms with Crippen LogP contribution in [0, 0.1) is 11.8 Å². The van der Waals surface area contributed by atoms with Crippen molar-refractivity contribution in [2.24, 2.45) is 23.3 Å². The molecule has 1 aromatic carbocycles. The highest BCUT2D eigenvalue weighted by molar-refractivity contribution is 5.98. The number of amides is 1. The Bertz CT molecular complexity index is 727. The number of Topliss-reactive ketones (excluding diaryl/α,β-unsaturated/α-hetero) is 1. The summed E-state index contributed by atoms with van der Waals surface area (Å²) < 4.78 is 5.49. The summed E-state index contributed by atoms with van der Waals surface area (Å²) in [5.74, 6) is -0.909. The van der Waals surface area contributed by atoms with Crippen LogP contribution in [0.4, 0.5) is 0 Å². The van der Waals surface area contributed by atoms with E-state index in [0.717, 1.165) is 0 Å². The number of carbonyl (C=O) groups is 2. The molecule has 26 heavy (non-hydrogen) atoms. The van der Waals surface area contributed by atoms with Gasteiger partial charge in [-0.3, -0.25) is 9.59 Å². The van der Waals surface area contributed by atoms with E-state index in [9.17, 15) is 9.59 Å². The van der Waals surface area contributed by atoms with Gasteiger partial charge in [0.15, 0.2) is 5.58 Å². The number of nitrogens with two attached hydrogens (primary N) is 2. The minimum Gasteiger partial charge on any atom is -0.434 e. The van der Waals surface area contributed by atoms with E-state index in [4.69, 9.17) is 15.9 Å². The highest BCUT2D eigenvalue weighted by atomic mass is 35.5. The van der Waals surface area contributed by atoms with E-state index in [1.54, 1.807) is 18.2 Å². The van der Waals surface area contributed by atoms with Crippen molar-refractivity contribution in [3.05, 3.63) is 30.2 Å². The maximum atomic E-state index is 12.7. The standard InChI is InChI=1S/C18H26N4O3.ClH/c1-9(2)13(19)17(24)22-15(10(3)4)14(20)16(23)18-21-11-7-5-6-8-12(11)25-18;/h5-10,13-15H,19-20H2,1-4H3,(H,22,24);1H/t13?,14-,15?;/m0./s1. The van der Waals surface area contributed by atoms with Gasteiger partial charge in [-0.25, -0.2) is 4.98 Å².